The molecule has 0 saturated carbocycles. The van der Waals surface area contributed by atoms with E-state index in [4.69, 9.17) is 14.7 Å². The van der Waals surface area contributed by atoms with E-state index in [-0.39, 0.29) is 6.79 Å². The van der Waals surface area contributed by atoms with Gasteiger partial charge < -0.3 is 9.47 Å². The van der Waals surface area contributed by atoms with Gasteiger partial charge in [0.25, 0.3) is 0 Å². The lowest BCUT2D eigenvalue weighted by Crippen LogP contribution is -1.93. The van der Waals surface area contributed by atoms with Gasteiger partial charge in [-0.25, -0.2) is 0 Å². The number of ether oxygens (including phenoxy) is 2. The van der Waals surface area contributed by atoms with Gasteiger partial charge in [-0.1, -0.05) is 28.1 Å². The zero-order chi connectivity index (χ0) is 13.9. The summed E-state index contributed by atoms with van der Waals surface area (Å²) in [6, 6.07) is 13.9. The van der Waals surface area contributed by atoms with Crippen LogP contribution in [-0.4, -0.2) is 12.1 Å². The normalized spacial score (nSPS) is 12.2. The second-order valence-corrected chi connectivity index (χ2v) is 5.28. The number of benzene rings is 2. The van der Waals surface area contributed by atoms with Gasteiger partial charge in [-0.3, -0.25) is 0 Å². The van der Waals surface area contributed by atoms with Gasteiger partial charge in [0.15, 0.2) is 11.5 Å². The van der Waals surface area contributed by atoms with Gasteiger partial charge in [-0.2, -0.15) is 5.26 Å². The van der Waals surface area contributed by atoms with Crippen molar-refractivity contribution < 1.29 is 9.47 Å². The highest BCUT2D eigenvalue weighted by Crippen LogP contribution is 2.37. The van der Waals surface area contributed by atoms with Crippen molar-refractivity contribution in [2.24, 2.45) is 0 Å². The molecule has 0 unspecified atom stereocenters. The summed E-state index contributed by atoms with van der Waals surface area (Å²) < 4.78 is 10.8. The molecule has 3 rings (SSSR count). The average molecular weight is 330 g/mol. The van der Waals surface area contributed by atoms with Gasteiger partial charge in [0, 0.05) is 5.33 Å². The largest absolute Gasteiger partial charge is 0.454 e. The first-order chi connectivity index (χ1) is 9.81. The van der Waals surface area contributed by atoms with E-state index in [1.807, 2.05) is 36.4 Å². The minimum atomic E-state index is 0.269. The number of aryl methyl sites for hydroxylation is 1. The van der Waals surface area contributed by atoms with Crippen molar-refractivity contribution >= 4 is 15.9 Å². The minimum Gasteiger partial charge on any atom is -0.454 e. The van der Waals surface area contributed by atoms with Crippen molar-refractivity contribution in [2.45, 2.75) is 6.42 Å². The van der Waals surface area contributed by atoms with E-state index in [1.54, 1.807) is 0 Å². The van der Waals surface area contributed by atoms with Crippen LogP contribution in [0.1, 0.15) is 11.1 Å². The zero-order valence-corrected chi connectivity index (χ0v) is 12.3. The molecule has 1 aliphatic heterocycles. The molecule has 1 aliphatic rings. The Morgan fingerprint density at radius 2 is 1.95 bits per heavy atom. The number of fused-ring (bicyclic) bond motifs is 1. The average Bonchev–Trinajstić information content (AvgIpc) is 2.95. The Kier molecular flexibility index (Phi) is 3.62. The van der Waals surface area contributed by atoms with Gasteiger partial charge in [-0.15, -0.1) is 0 Å². The molecule has 0 aromatic heterocycles. The molecule has 100 valence electrons. The molecule has 0 saturated heterocycles. The van der Waals surface area contributed by atoms with Gasteiger partial charge in [0.1, 0.15) is 0 Å². The summed E-state index contributed by atoms with van der Waals surface area (Å²) in [5.41, 5.74) is 3.99. The SMILES string of the molecule is N#Cc1ccc(CCBr)c(-c2ccc3c(c2)OCO3)c1. The Labute approximate surface area is 125 Å². The van der Waals surface area contributed by atoms with Crippen molar-refractivity contribution in [3.63, 3.8) is 0 Å². The number of hydrogen-bond donors (Lipinski definition) is 0. The number of rotatable bonds is 3. The van der Waals surface area contributed by atoms with Crippen molar-refractivity contribution in [1.29, 1.82) is 5.26 Å². The van der Waals surface area contributed by atoms with E-state index < -0.39 is 0 Å². The molecule has 0 fully saturated rings. The second-order valence-electron chi connectivity index (χ2n) is 4.49. The molecule has 0 radical (unpaired) electrons. The smallest absolute Gasteiger partial charge is 0.231 e. The molecule has 20 heavy (non-hydrogen) atoms. The molecule has 0 amide bonds. The molecule has 2 aromatic rings. The molecule has 3 nitrogen and oxygen atoms in total. The molecule has 2 aromatic carbocycles. The standard InChI is InChI=1S/C16H12BrNO2/c17-6-5-12-2-1-11(9-18)7-14(12)13-3-4-15-16(8-13)20-10-19-15/h1-4,7-8H,5-6,10H2. The number of alkyl halides is 1. The van der Waals surface area contributed by atoms with E-state index in [9.17, 15) is 0 Å². The molecular weight excluding hydrogens is 318 g/mol. The van der Waals surface area contributed by atoms with Crippen LogP contribution in [0.3, 0.4) is 0 Å². The van der Waals surface area contributed by atoms with Crippen LogP contribution in [0, 0.1) is 11.3 Å². The summed E-state index contributed by atoms with van der Waals surface area (Å²) in [5, 5.41) is 9.97. The van der Waals surface area contributed by atoms with Crippen molar-refractivity contribution in [3.8, 4) is 28.7 Å². The first-order valence-electron chi connectivity index (χ1n) is 6.31. The summed E-state index contributed by atoms with van der Waals surface area (Å²) in [7, 11) is 0. The van der Waals surface area contributed by atoms with Gasteiger partial charge in [-0.05, 0) is 47.4 Å². The Balaban J connectivity index is 2.10. The Bertz CT molecular complexity index is 691. The Hall–Kier alpha value is -1.99. The number of hydrogen-bond acceptors (Lipinski definition) is 3. The van der Waals surface area contributed by atoms with Crippen molar-refractivity contribution in [1.82, 2.24) is 0 Å². The highest BCUT2D eigenvalue weighted by molar-refractivity contribution is 9.09. The number of halogens is 1. The maximum Gasteiger partial charge on any atom is 0.231 e. The molecule has 1 heterocycles. The predicted octanol–water partition coefficient (Wildman–Crippen LogP) is 3.89. The molecular formula is C16H12BrNO2. The van der Waals surface area contributed by atoms with Crippen LogP contribution >= 0.6 is 15.9 Å². The van der Waals surface area contributed by atoms with Gasteiger partial charge >= 0.3 is 0 Å². The third kappa shape index (κ3) is 2.37. The van der Waals surface area contributed by atoms with Crippen LogP contribution in [0.15, 0.2) is 36.4 Å². The lowest BCUT2D eigenvalue weighted by molar-refractivity contribution is 0.174. The summed E-state index contributed by atoms with van der Waals surface area (Å²) in [5.74, 6) is 1.53. The molecule has 0 spiro atoms. The fourth-order valence-electron chi connectivity index (χ4n) is 2.30. The van der Waals surface area contributed by atoms with Gasteiger partial charge in [0.2, 0.25) is 6.79 Å². The maximum absolute atomic E-state index is 9.08. The third-order valence-electron chi connectivity index (χ3n) is 3.29. The minimum absolute atomic E-state index is 0.269. The number of nitriles is 1. The van der Waals surface area contributed by atoms with Crippen molar-refractivity contribution in [3.05, 3.63) is 47.5 Å². The Morgan fingerprint density at radius 3 is 2.75 bits per heavy atom. The molecule has 0 N–H and O–H groups in total. The van der Waals surface area contributed by atoms with E-state index in [0.29, 0.717) is 5.56 Å². The van der Waals surface area contributed by atoms with Crippen molar-refractivity contribution in [2.75, 3.05) is 12.1 Å². The Morgan fingerprint density at radius 1 is 1.10 bits per heavy atom. The third-order valence-corrected chi connectivity index (χ3v) is 3.68. The van der Waals surface area contributed by atoms with E-state index in [2.05, 4.69) is 22.0 Å². The monoisotopic (exact) mass is 329 g/mol. The summed E-state index contributed by atoms with van der Waals surface area (Å²) in [6.45, 7) is 0.269. The zero-order valence-electron chi connectivity index (χ0n) is 10.7. The summed E-state index contributed by atoms with van der Waals surface area (Å²) in [4.78, 5) is 0. The van der Waals surface area contributed by atoms with Crippen LogP contribution in [0.25, 0.3) is 11.1 Å². The molecule has 4 heteroatoms. The quantitative estimate of drug-likeness (QED) is 0.802. The summed E-state index contributed by atoms with van der Waals surface area (Å²) in [6.07, 6.45) is 0.912. The molecule has 0 aliphatic carbocycles. The fourth-order valence-corrected chi connectivity index (χ4v) is 2.73. The maximum atomic E-state index is 9.08. The highest BCUT2D eigenvalue weighted by atomic mass is 79.9. The lowest BCUT2D eigenvalue weighted by Gasteiger charge is -2.10. The molecule has 0 bridgehead atoms. The first kappa shape index (κ1) is 13.0. The lowest BCUT2D eigenvalue weighted by atomic mass is 9.96. The van der Waals surface area contributed by atoms with Crippen LogP contribution in [0.5, 0.6) is 11.5 Å². The van der Waals surface area contributed by atoms with Crippen LogP contribution < -0.4 is 9.47 Å². The topological polar surface area (TPSA) is 42.2 Å². The van der Waals surface area contributed by atoms with E-state index in [1.165, 1.54) is 5.56 Å². The first-order valence-corrected chi connectivity index (χ1v) is 7.43. The predicted molar refractivity (Wildman–Crippen MR) is 80.2 cm³/mol. The van der Waals surface area contributed by atoms with Gasteiger partial charge in [0.05, 0.1) is 11.6 Å². The van der Waals surface area contributed by atoms with Crippen LogP contribution in [0.4, 0.5) is 0 Å². The fraction of sp³-hybridized carbons (Fsp3) is 0.188. The molecule has 0 atom stereocenters. The van der Waals surface area contributed by atoms with Crippen LogP contribution in [0.2, 0.25) is 0 Å². The van der Waals surface area contributed by atoms with Crippen LogP contribution in [-0.2, 0) is 6.42 Å². The van der Waals surface area contributed by atoms with E-state index >= 15 is 0 Å². The highest BCUT2D eigenvalue weighted by Gasteiger charge is 2.15. The summed E-state index contributed by atoms with van der Waals surface area (Å²) >= 11 is 3.47. The number of nitrogens with zero attached hydrogens (tertiary/aromatic N) is 1. The van der Waals surface area contributed by atoms with E-state index in [0.717, 1.165) is 34.4 Å². The second kappa shape index (κ2) is 5.56.